The number of halogens is 2. The van der Waals surface area contributed by atoms with Gasteiger partial charge in [0.1, 0.15) is 16.1 Å². The quantitative estimate of drug-likeness (QED) is 0.329. The summed E-state index contributed by atoms with van der Waals surface area (Å²) in [7, 11) is 0. The van der Waals surface area contributed by atoms with E-state index >= 15 is 0 Å². The summed E-state index contributed by atoms with van der Waals surface area (Å²) < 4.78 is 20.7. The first kappa shape index (κ1) is 21.3. The van der Waals surface area contributed by atoms with Crippen molar-refractivity contribution in [2.45, 2.75) is 16.3 Å². The number of benzene rings is 3. The van der Waals surface area contributed by atoms with Crippen molar-refractivity contribution < 1.29 is 13.9 Å². The molecular formula is C25H15ClFNO4S. The molecule has 5 nitrogen and oxygen atoms in total. The summed E-state index contributed by atoms with van der Waals surface area (Å²) >= 11 is 6.99. The van der Waals surface area contributed by atoms with Crippen molar-refractivity contribution in [3.8, 4) is 5.75 Å². The highest BCUT2D eigenvalue weighted by atomic mass is 35.5. The van der Waals surface area contributed by atoms with E-state index in [9.17, 15) is 19.1 Å². The van der Waals surface area contributed by atoms with Crippen LogP contribution < -0.4 is 11.2 Å². The lowest BCUT2D eigenvalue weighted by Crippen LogP contribution is -2.22. The molecule has 2 aromatic heterocycles. The van der Waals surface area contributed by atoms with Gasteiger partial charge in [-0.3, -0.25) is 4.79 Å². The van der Waals surface area contributed by atoms with E-state index in [1.807, 2.05) is 0 Å². The van der Waals surface area contributed by atoms with E-state index in [0.29, 0.717) is 26.4 Å². The van der Waals surface area contributed by atoms with Crippen LogP contribution >= 0.6 is 23.4 Å². The zero-order valence-corrected chi connectivity index (χ0v) is 18.5. The van der Waals surface area contributed by atoms with Crippen LogP contribution in [-0.2, 0) is 6.54 Å². The third-order valence-corrected chi connectivity index (χ3v) is 6.49. The number of hydrogen-bond donors (Lipinski definition) is 1. The van der Waals surface area contributed by atoms with Crippen LogP contribution in [0.25, 0.3) is 21.9 Å². The molecule has 5 aromatic rings. The predicted molar refractivity (Wildman–Crippen MR) is 127 cm³/mol. The van der Waals surface area contributed by atoms with Crippen LogP contribution in [0.1, 0.15) is 5.56 Å². The van der Waals surface area contributed by atoms with Gasteiger partial charge in [-0.05, 0) is 48.0 Å². The van der Waals surface area contributed by atoms with Gasteiger partial charge in [-0.2, -0.15) is 0 Å². The molecule has 1 N–H and O–H groups in total. The van der Waals surface area contributed by atoms with E-state index in [1.165, 1.54) is 16.7 Å². The van der Waals surface area contributed by atoms with Crippen molar-refractivity contribution in [2.24, 2.45) is 0 Å². The molecule has 2 heterocycles. The van der Waals surface area contributed by atoms with Crippen LogP contribution in [0.4, 0.5) is 4.39 Å². The maximum atomic E-state index is 13.7. The molecular weight excluding hydrogens is 465 g/mol. The van der Waals surface area contributed by atoms with Gasteiger partial charge >= 0.3 is 5.63 Å². The highest BCUT2D eigenvalue weighted by molar-refractivity contribution is 7.99. The Bertz CT molecular complexity index is 1660. The van der Waals surface area contributed by atoms with Gasteiger partial charge < -0.3 is 14.1 Å². The van der Waals surface area contributed by atoms with Crippen molar-refractivity contribution in [1.29, 1.82) is 0 Å². The highest BCUT2D eigenvalue weighted by Crippen LogP contribution is 2.37. The Kier molecular flexibility index (Phi) is 5.44. The molecule has 0 amide bonds. The number of aromatic nitrogens is 1. The average molecular weight is 480 g/mol. The summed E-state index contributed by atoms with van der Waals surface area (Å²) in [5.41, 5.74) is -0.243. The summed E-state index contributed by atoms with van der Waals surface area (Å²) in [5.74, 6) is -0.880. The summed E-state index contributed by atoms with van der Waals surface area (Å²) in [6, 6.07) is 19.6. The second-order valence-electron chi connectivity index (χ2n) is 7.37. The molecule has 164 valence electrons. The summed E-state index contributed by atoms with van der Waals surface area (Å²) in [5, 5.41) is 11.9. The normalized spacial score (nSPS) is 11.3. The molecule has 0 saturated heterocycles. The SMILES string of the molecule is O=c1oc2c(c(O)c1Sc1cccc(Cl)c1)c(=O)n(Cc1cccc(F)c1)c1ccccc21. The molecule has 5 rings (SSSR count). The first-order valence-electron chi connectivity index (χ1n) is 9.91. The molecule has 0 bridgehead atoms. The van der Waals surface area contributed by atoms with Crippen molar-refractivity contribution >= 4 is 45.2 Å². The molecule has 0 saturated carbocycles. The van der Waals surface area contributed by atoms with Gasteiger partial charge in [0.25, 0.3) is 5.56 Å². The zero-order valence-electron chi connectivity index (χ0n) is 16.9. The van der Waals surface area contributed by atoms with Gasteiger partial charge in [-0.15, -0.1) is 0 Å². The van der Waals surface area contributed by atoms with Crippen LogP contribution in [0.5, 0.6) is 5.75 Å². The molecule has 3 aromatic carbocycles. The van der Waals surface area contributed by atoms with Crippen LogP contribution in [-0.4, -0.2) is 9.67 Å². The van der Waals surface area contributed by atoms with E-state index in [1.54, 1.807) is 60.7 Å². The van der Waals surface area contributed by atoms with Crippen LogP contribution in [0.15, 0.2) is 96.6 Å². The largest absolute Gasteiger partial charge is 0.505 e. The van der Waals surface area contributed by atoms with E-state index < -0.39 is 22.8 Å². The van der Waals surface area contributed by atoms with Gasteiger partial charge in [-0.25, -0.2) is 9.18 Å². The number of hydrogen-bond acceptors (Lipinski definition) is 5. The fourth-order valence-electron chi connectivity index (χ4n) is 3.75. The number of aromatic hydroxyl groups is 1. The molecule has 0 atom stereocenters. The maximum absolute atomic E-state index is 13.7. The Morgan fingerprint density at radius 1 is 1.00 bits per heavy atom. The summed E-state index contributed by atoms with van der Waals surface area (Å²) in [6.07, 6.45) is 0. The van der Waals surface area contributed by atoms with Crippen molar-refractivity contribution in [3.05, 3.63) is 110 Å². The number of rotatable bonds is 4. The topological polar surface area (TPSA) is 72.4 Å². The first-order valence-corrected chi connectivity index (χ1v) is 11.1. The van der Waals surface area contributed by atoms with Crippen LogP contribution in [0.3, 0.4) is 0 Å². The Hall–Kier alpha value is -3.55. The Morgan fingerprint density at radius 2 is 1.79 bits per heavy atom. The third kappa shape index (κ3) is 3.90. The van der Waals surface area contributed by atoms with Gasteiger partial charge in [0.2, 0.25) is 0 Å². The second kappa shape index (κ2) is 8.42. The second-order valence-corrected chi connectivity index (χ2v) is 8.89. The van der Waals surface area contributed by atoms with Crippen LogP contribution in [0, 0.1) is 5.82 Å². The van der Waals surface area contributed by atoms with Gasteiger partial charge in [0.15, 0.2) is 11.3 Å². The van der Waals surface area contributed by atoms with E-state index in [-0.39, 0.29) is 22.4 Å². The summed E-state index contributed by atoms with van der Waals surface area (Å²) in [6.45, 7) is 0.0718. The molecule has 8 heteroatoms. The minimum absolute atomic E-state index is 0.00374. The van der Waals surface area contributed by atoms with E-state index in [2.05, 4.69) is 0 Å². The molecule has 0 radical (unpaired) electrons. The minimum atomic E-state index is -0.766. The fraction of sp³-hybridized carbons (Fsp3) is 0.0400. The molecule has 0 aliphatic carbocycles. The number of pyridine rings is 1. The molecule has 0 aliphatic heterocycles. The number of para-hydroxylation sites is 1. The van der Waals surface area contributed by atoms with Crippen molar-refractivity contribution in [2.75, 3.05) is 0 Å². The minimum Gasteiger partial charge on any atom is -0.505 e. The van der Waals surface area contributed by atoms with Crippen molar-refractivity contribution in [3.63, 3.8) is 0 Å². The monoisotopic (exact) mass is 479 g/mol. The maximum Gasteiger partial charge on any atom is 0.354 e. The lowest BCUT2D eigenvalue weighted by Gasteiger charge is -2.14. The number of nitrogens with zero attached hydrogens (tertiary/aromatic N) is 1. The van der Waals surface area contributed by atoms with E-state index in [4.69, 9.17) is 16.0 Å². The molecule has 0 unspecified atom stereocenters. The van der Waals surface area contributed by atoms with Crippen molar-refractivity contribution in [1.82, 2.24) is 4.57 Å². The van der Waals surface area contributed by atoms with E-state index in [0.717, 1.165) is 11.8 Å². The average Bonchev–Trinajstić information content (AvgIpc) is 2.79. The van der Waals surface area contributed by atoms with Gasteiger partial charge in [-0.1, -0.05) is 53.7 Å². The lowest BCUT2D eigenvalue weighted by atomic mass is 10.1. The molecule has 0 aliphatic rings. The highest BCUT2D eigenvalue weighted by Gasteiger charge is 2.22. The molecule has 33 heavy (non-hydrogen) atoms. The molecule has 0 fully saturated rings. The summed E-state index contributed by atoms with van der Waals surface area (Å²) in [4.78, 5) is 26.8. The Morgan fingerprint density at radius 3 is 2.58 bits per heavy atom. The standard InChI is InChI=1S/C25H15ClFNO4S/c26-15-6-4-8-17(12-15)33-23-21(29)20-22(32-25(23)31)18-9-1-2-10-19(18)28(24(20)30)13-14-5-3-7-16(27)11-14/h1-12,29H,13H2. The first-order chi connectivity index (χ1) is 15.9. The molecule has 0 spiro atoms. The Balaban J connectivity index is 1.78. The fourth-order valence-corrected chi connectivity index (χ4v) is 4.90. The zero-order chi connectivity index (χ0) is 23.1. The van der Waals surface area contributed by atoms with Gasteiger partial charge in [0.05, 0.1) is 12.1 Å². The lowest BCUT2D eigenvalue weighted by molar-refractivity contribution is 0.446. The Labute approximate surface area is 195 Å². The third-order valence-electron chi connectivity index (χ3n) is 5.20. The smallest absolute Gasteiger partial charge is 0.354 e. The van der Waals surface area contributed by atoms with Gasteiger partial charge in [0, 0.05) is 15.3 Å². The predicted octanol–water partition coefficient (Wildman–Crippen LogP) is 5.81. The number of fused-ring (bicyclic) bond motifs is 3. The van der Waals surface area contributed by atoms with Crippen LogP contribution in [0.2, 0.25) is 5.02 Å².